The number of hydrogen-bond acceptors (Lipinski definition) is 6. The number of fused-ring (bicyclic) bond motifs is 1. The summed E-state index contributed by atoms with van der Waals surface area (Å²) in [6.45, 7) is 3.81. The Labute approximate surface area is 139 Å². The lowest BCUT2D eigenvalue weighted by molar-refractivity contribution is -0.192. The largest absolute Gasteiger partial charge is 0.490 e. The summed E-state index contributed by atoms with van der Waals surface area (Å²) in [5, 5.41) is 14.0. The molecule has 0 radical (unpaired) electrons. The first kappa shape index (κ1) is 18.2. The molecule has 0 aliphatic rings. The second-order valence-electron chi connectivity index (χ2n) is 4.93. The van der Waals surface area contributed by atoms with E-state index in [0.29, 0.717) is 11.6 Å². The number of nitrogens with one attached hydrogen (secondary N) is 2. The van der Waals surface area contributed by atoms with Crippen LogP contribution in [0.5, 0.6) is 0 Å². The third kappa shape index (κ3) is 4.05. The van der Waals surface area contributed by atoms with Crippen LogP contribution < -0.4 is 5.32 Å². The molecule has 0 atom stereocenters. The molecular formula is C14H14F3N5O3. The predicted octanol–water partition coefficient (Wildman–Crippen LogP) is 2.90. The average molecular weight is 357 g/mol. The zero-order valence-corrected chi connectivity index (χ0v) is 13.4. The van der Waals surface area contributed by atoms with Crippen molar-refractivity contribution in [2.24, 2.45) is 0 Å². The Morgan fingerprint density at radius 2 is 2.00 bits per heavy atom. The first-order valence-corrected chi connectivity index (χ1v) is 6.90. The van der Waals surface area contributed by atoms with Gasteiger partial charge in [0.2, 0.25) is 5.95 Å². The predicted molar refractivity (Wildman–Crippen MR) is 82.1 cm³/mol. The van der Waals surface area contributed by atoms with Gasteiger partial charge in [0.05, 0.1) is 11.2 Å². The van der Waals surface area contributed by atoms with Gasteiger partial charge in [0, 0.05) is 24.4 Å². The van der Waals surface area contributed by atoms with Crippen LogP contribution in [0.15, 0.2) is 16.8 Å². The number of aliphatic carboxylic acids is 1. The van der Waals surface area contributed by atoms with Crippen molar-refractivity contribution < 1.29 is 27.6 Å². The van der Waals surface area contributed by atoms with Crippen LogP contribution in [0.4, 0.5) is 19.1 Å². The molecule has 3 N–H and O–H groups in total. The summed E-state index contributed by atoms with van der Waals surface area (Å²) in [4.78, 5) is 20.7. The van der Waals surface area contributed by atoms with E-state index >= 15 is 0 Å². The minimum Gasteiger partial charge on any atom is -0.475 e. The number of aromatic nitrogens is 4. The molecule has 8 nitrogen and oxygen atoms in total. The Bertz CT molecular complexity index is 881. The summed E-state index contributed by atoms with van der Waals surface area (Å²) in [5.41, 5.74) is 4.41. The molecule has 3 aromatic rings. The van der Waals surface area contributed by atoms with Crippen molar-refractivity contribution in [2.75, 3.05) is 12.4 Å². The number of aromatic amines is 1. The Hall–Kier alpha value is -3.11. The van der Waals surface area contributed by atoms with E-state index in [1.807, 2.05) is 27.0 Å². The molecule has 0 aliphatic heterocycles. The maximum Gasteiger partial charge on any atom is 0.490 e. The van der Waals surface area contributed by atoms with Crippen molar-refractivity contribution >= 4 is 23.1 Å². The number of rotatable bonds is 2. The molecule has 0 saturated carbocycles. The van der Waals surface area contributed by atoms with E-state index in [2.05, 4.69) is 25.4 Å². The van der Waals surface area contributed by atoms with Gasteiger partial charge < -0.3 is 19.9 Å². The number of nitrogens with zero attached hydrogens (tertiary/aromatic N) is 3. The van der Waals surface area contributed by atoms with Crippen LogP contribution in [0.2, 0.25) is 0 Å². The molecule has 3 aromatic heterocycles. The summed E-state index contributed by atoms with van der Waals surface area (Å²) < 4.78 is 36.9. The zero-order valence-electron chi connectivity index (χ0n) is 13.4. The van der Waals surface area contributed by atoms with Gasteiger partial charge in [0.15, 0.2) is 5.65 Å². The highest BCUT2D eigenvalue weighted by Gasteiger charge is 2.38. The molecule has 0 saturated heterocycles. The third-order valence-electron chi connectivity index (χ3n) is 3.14. The molecule has 0 aliphatic carbocycles. The van der Waals surface area contributed by atoms with Crippen molar-refractivity contribution in [3.63, 3.8) is 0 Å². The molecule has 11 heteroatoms. The smallest absolute Gasteiger partial charge is 0.475 e. The highest BCUT2D eigenvalue weighted by molar-refractivity contribution is 5.80. The van der Waals surface area contributed by atoms with E-state index in [0.717, 1.165) is 28.1 Å². The molecule has 25 heavy (non-hydrogen) atoms. The van der Waals surface area contributed by atoms with Crippen molar-refractivity contribution in [3.05, 3.63) is 23.7 Å². The number of anilines is 1. The van der Waals surface area contributed by atoms with Gasteiger partial charge in [0.25, 0.3) is 0 Å². The van der Waals surface area contributed by atoms with Crippen LogP contribution in [0.1, 0.15) is 11.5 Å². The molecule has 0 spiro atoms. The van der Waals surface area contributed by atoms with E-state index in [1.54, 1.807) is 6.20 Å². The SMILES string of the molecule is CNc1nc2ncc(-c3c(C)noc3C)cc2[nH]1.O=C(O)C(F)(F)F. The van der Waals surface area contributed by atoms with Crippen molar-refractivity contribution in [1.29, 1.82) is 0 Å². The maximum atomic E-state index is 10.6. The van der Waals surface area contributed by atoms with Gasteiger partial charge in [-0.25, -0.2) is 9.78 Å². The van der Waals surface area contributed by atoms with Crippen molar-refractivity contribution in [2.45, 2.75) is 20.0 Å². The molecule has 0 bridgehead atoms. The fourth-order valence-corrected chi connectivity index (χ4v) is 2.05. The van der Waals surface area contributed by atoms with Gasteiger partial charge >= 0.3 is 12.1 Å². The molecule has 0 fully saturated rings. The fourth-order valence-electron chi connectivity index (χ4n) is 2.05. The minimum absolute atomic E-state index is 0.690. The van der Waals surface area contributed by atoms with Gasteiger partial charge in [0.1, 0.15) is 5.76 Å². The Morgan fingerprint density at radius 3 is 2.48 bits per heavy atom. The lowest BCUT2D eigenvalue weighted by Gasteiger charge is -1.98. The molecule has 134 valence electrons. The van der Waals surface area contributed by atoms with E-state index < -0.39 is 12.1 Å². The molecule has 0 aromatic carbocycles. The number of carbonyl (C=O) groups is 1. The van der Waals surface area contributed by atoms with E-state index in [-0.39, 0.29) is 0 Å². The monoisotopic (exact) mass is 357 g/mol. The third-order valence-corrected chi connectivity index (χ3v) is 3.14. The topological polar surface area (TPSA) is 117 Å². The minimum atomic E-state index is -5.08. The molecular weight excluding hydrogens is 343 g/mol. The maximum absolute atomic E-state index is 10.6. The first-order valence-electron chi connectivity index (χ1n) is 6.90. The summed E-state index contributed by atoms with van der Waals surface area (Å²) in [6, 6.07) is 2.00. The van der Waals surface area contributed by atoms with Crippen LogP contribution in [0.3, 0.4) is 0 Å². The fraction of sp³-hybridized carbons (Fsp3) is 0.286. The summed E-state index contributed by atoms with van der Waals surface area (Å²) in [6.07, 6.45) is -3.30. The van der Waals surface area contributed by atoms with Gasteiger partial charge in [-0.05, 0) is 19.9 Å². The number of carboxylic acid groups (broad SMARTS) is 1. The first-order chi connectivity index (χ1) is 11.6. The molecule has 0 amide bonds. The van der Waals surface area contributed by atoms with Crippen LogP contribution >= 0.6 is 0 Å². The Balaban J connectivity index is 0.000000277. The van der Waals surface area contributed by atoms with Crippen molar-refractivity contribution in [1.82, 2.24) is 20.1 Å². The average Bonchev–Trinajstić information content (AvgIpc) is 3.09. The van der Waals surface area contributed by atoms with Gasteiger partial charge in [-0.3, -0.25) is 0 Å². The summed E-state index contributed by atoms with van der Waals surface area (Å²) >= 11 is 0. The van der Waals surface area contributed by atoms with Crippen LogP contribution in [0.25, 0.3) is 22.3 Å². The van der Waals surface area contributed by atoms with Gasteiger partial charge in [-0.1, -0.05) is 5.16 Å². The quantitative estimate of drug-likeness (QED) is 0.645. The van der Waals surface area contributed by atoms with Gasteiger partial charge in [-0.2, -0.15) is 18.2 Å². The standard InChI is InChI=1S/C12H13N5O.C2HF3O2/c1-6-10(7(2)18-17-6)8-4-9-11(14-5-8)16-12(13-3)15-9;3-2(4,5)1(6)7/h4-5H,1-3H3,(H2,13,14,15,16);(H,6,7). The number of aryl methyl sites for hydroxylation is 2. The van der Waals surface area contributed by atoms with E-state index in [4.69, 9.17) is 14.4 Å². The Kier molecular flexibility index (Phi) is 4.95. The zero-order chi connectivity index (χ0) is 18.8. The second-order valence-corrected chi connectivity index (χ2v) is 4.93. The number of hydrogen-bond donors (Lipinski definition) is 3. The summed E-state index contributed by atoms with van der Waals surface area (Å²) in [5.74, 6) is -1.26. The highest BCUT2D eigenvalue weighted by Crippen LogP contribution is 2.28. The van der Waals surface area contributed by atoms with Crippen LogP contribution in [0, 0.1) is 13.8 Å². The number of H-pyrrole nitrogens is 1. The van der Waals surface area contributed by atoms with Crippen LogP contribution in [-0.2, 0) is 4.79 Å². The molecule has 3 rings (SSSR count). The number of alkyl halides is 3. The highest BCUT2D eigenvalue weighted by atomic mass is 19.4. The lowest BCUT2D eigenvalue weighted by atomic mass is 10.1. The normalized spacial score (nSPS) is 11.1. The van der Waals surface area contributed by atoms with Crippen molar-refractivity contribution in [3.8, 4) is 11.1 Å². The second kappa shape index (κ2) is 6.79. The number of imidazole rings is 1. The number of pyridine rings is 1. The van der Waals surface area contributed by atoms with Crippen LogP contribution in [-0.4, -0.2) is 44.4 Å². The number of halogens is 3. The molecule has 3 heterocycles. The molecule has 0 unspecified atom stereocenters. The summed E-state index contributed by atoms with van der Waals surface area (Å²) in [7, 11) is 1.81. The Morgan fingerprint density at radius 1 is 1.36 bits per heavy atom. The van der Waals surface area contributed by atoms with Gasteiger partial charge in [-0.15, -0.1) is 0 Å². The van der Waals surface area contributed by atoms with E-state index in [1.165, 1.54) is 0 Å². The number of carboxylic acids is 1. The van der Waals surface area contributed by atoms with E-state index in [9.17, 15) is 13.2 Å². The lowest BCUT2D eigenvalue weighted by Crippen LogP contribution is -2.21.